The van der Waals surface area contributed by atoms with E-state index in [0.717, 1.165) is 74.7 Å². The Morgan fingerprint density at radius 3 is 2.48 bits per heavy atom. The van der Waals surface area contributed by atoms with Crippen molar-refractivity contribution in [2.45, 2.75) is 56.7 Å². The maximum absolute atomic E-state index is 13.9. The second-order valence-electron chi connectivity index (χ2n) is 11.9. The minimum absolute atomic E-state index is 0.126. The summed E-state index contributed by atoms with van der Waals surface area (Å²) in [7, 11) is 2.12. The molecule has 4 heterocycles. The Kier molecular flexibility index (Phi) is 8.56. The van der Waals surface area contributed by atoms with Crippen LogP contribution in [0.5, 0.6) is 0 Å². The van der Waals surface area contributed by atoms with Crippen LogP contribution in [0.3, 0.4) is 0 Å². The summed E-state index contributed by atoms with van der Waals surface area (Å²) in [5.41, 5.74) is 2.13. The number of ketones is 1. The van der Waals surface area contributed by atoms with E-state index in [1.807, 2.05) is 17.5 Å². The van der Waals surface area contributed by atoms with Gasteiger partial charge >= 0.3 is 0 Å². The number of hydrogen-bond acceptors (Lipinski definition) is 8. The molecule has 1 N–H and O–H groups in total. The highest BCUT2D eigenvalue weighted by Gasteiger charge is 2.56. The van der Waals surface area contributed by atoms with Crippen LogP contribution < -0.4 is 10.2 Å². The van der Waals surface area contributed by atoms with E-state index in [0.29, 0.717) is 5.56 Å². The molecule has 0 spiro atoms. The number of carbonyl (C=O) groups excluding carboxylic acids is 3. The Labute approximate surface area is 248 Å². The van der Waals surface area contributed by atoms with E-state index in [2.05, 4.69) is 22.2 Å². The predicted molar refractivity (Wildman–Crippen MR) is 155 cm³/mol. The topological polar surface area (TPSA) is 95.1 Å². The highest BCUT2D eigenvalue weighted by Crippen LogP contribution is 2.37. The lowest BCUT2D eigenvalue weighted by Gasteiger charge is -2.34. The fourth-order valence-corrected chi connectivity index (χ4v) is 7.61. The van der Waals surface area contributed by atoms with E-state index in [4.69, 9.17) is 9.72 Å². The number of rotatable bonds is 7. The van der Waals surface area contributed by atoms with Gasteiger partial charge in [0.25, 0.3) is 5.91 Å². The summed E-state index contributed by atoms with van der Waals surface area (Å²) >= 11 is 1.61. The van der Waals surface area contributed by atoms with Crippen molar-refractivity contribution in [1.82, 2.24) is 20.1 Å². The molecule has 0 unspecified atom stereocenters. The number of hydrogen-bond donors (Lipinski definition) is 1. The number of aromatic nitrogens is 1. The summed E-state index contributed by atoms with van der Waals surface area (Å²) in [6, 6.07) is 5.22. The molecule has 0 radical (unpaired) electrons. The third-order valence-electron chi connectivity index (χ3n) is 9.21. The third-order valence-corrected chi connectivity index (χ3v) is 10.1. The standard InChI is InChI=1S/C30H37F2N5O4S/c1-35-11-13-36(14-12-35)30-33-22(17-42-30)18-7-9-20(10-8-18)28(39)34-24(19-5-3-2-4-6-19)29(40)37-15-21(27(31)32)26-25(37)23(38)16-41-26/h7-10,17,19,21,24-27H,2-6,11-16H2,1H3,(H,34,39)/t21-,24+,25-,26-/m1/s1. The molecule has 226 valence electrons. The number of fused-ring (bicyclic) bond motifs is 1. The molecular weight excluding hydrogens is 564 g/mol. The zero-order valence-corrected chi connectivity index (χ0v) is 24.5. The molecule has 42 heavy (non-hydrogen) atoms. The Hall–Kier alpha value is -2.96. The van der Waals surface area contributed by atoms with Crippen LogP contribution in [0.4, 0.5) is 13.9 Å². The summed E-state index contributed by atoms with van der Waals surface area (Å²) in [4.78, 5) is 50.6. The van der Waals surface area contributed by atoms with Gasteiger partial charge in [-0.2, -0.15) is 0 Å². The lowest BCUT2D eigenvalue weighted by atomic mass is 9.83. The summed E-state index contributed by atoms with van der Waals surface area (Å²) in [6.45, 7) is 3.34. The van der Waals surface area contributed by atoms with E-state index in [1.54, 1.807) is 23.5 Å². The van der Waals surface area contributed by atoms with Gasteiger partial charge in [0, 0.05) is 49.2 Å². The summed E-state index contributed by atoms with van der Waals surface area (Å²) in [6.07, 6.45) is 0.692. The number of nitrogens with zero attached hydrogens (tertiary/aromatic N) is 4. The Morgan fingerprint density at radius 1 is 1.07 bits per heavy atom. The van der Waals surface area contributed by atoms with Crippen LogP contribution in [0.1, 0.15) is 42.5 Å². The summed E-state index contributed by atoms with van der Waals surface area (Å²) in [5.74, 6) is -2.58. The Balaban J connectivity index is 1.17. The molecule has 4 fully saturated rings. The second kappa shape index (κ2) is 12.3. The van der Waals surface area contributed by atoms with Crippen molar-refractivity contribution in [3.05, 3.63) is 35.2 Å². The first-order valence-corrected chi connectivity index (χ1v) is 15.7. The van der Waals surface area contributed by atoms with E-state index in [1.165, 1.54) is 4.90 Å². The molecule has 12 heteroatoms. The van der Waals surface area contributed by atoms with Gasteiger partial charge in [-0.25, -0.2) is 13.8 Å². The molecular formula is C30H37F2N5O4S. The molecule has 1 saturated carbocycles. The van der Waals surface area contributed by atoms with Crippen molar-refractivity contribution in [2.24, 2.45) is 11.8 Å². The molecule has 2 amide bonds. The molecule has 9 nitrogen and oxygen atoms in total. The van der Waals surface area contributed by atoms with Crippen LogP contribution in [0.2, 0.25) is 0 Å². The summed E-state index contributed by atoms with van der Waals surface area (Å²) < 4.78 is 33.0. The fourth-order valence-electron chi connectivity index (χ4n) is 6.73. The Bertz CT molecular complexity index is 1290. The maximum Gasteiger partial charge on any atom is 0.251 e. The van der Waals surface area contributed by atoms with Crippen LogP contribution in [-0.2, 0) is 14.3 Å². The SMILES string of the molecule is CN1CCN(c2nc(-c3ccc(C(=O)N[C@H](C(=O)N4C[C@@H](C(F)F)[C@H]5OCC(=O)[C@H]54)C4CCCCC4)cc3)cs2)CC1. The number of likely N-dealkylation sites (N-methyl/N-ethyl adjacent to an activating group) is 1. The number of piperazine rings is 1. The van der Waals surface area contributed by atoms with E-state index >= 15 is 0 Å². The second-order valence-corrected chi connectivity index (χ2v) is 12.7. The van der Waals surface area contributed by atoms with Gasteiger partial charge < -0.3 is 24.8 Å². The molecule has 2 aromatic rings. The number of thiazole rings is 1. The number of Topliss-reactive ketones (excluding diaryl/α,β-unsaturated/α-hetero) is 1. The van der Waals surface area contributed by atoms with Gasteiger partial charge in [0.2, 0.25) is 12.3 Å². The smallest absolute Gasteiger partial charge is 0.251 e. The van der Waals surface area contributed by atoms with Crippen LogP contribution >= 0.6 is 11.3 Å². The van der Waals surface area contributed by atoms with Gasteiger partial charge in [0.1, 0.15) is 18.7 Å². The molecule has 6 rings (SSSR count). The number of halogens is 2. The number of likely N-dealkylation sites (tertiary alicyclic amines) is 1. The van der Waals surface area contributed by atoms with Crippen molar-refractivity contribution in [3.63, 3.8) is 0 Å². The quantitative estimate of drug-likeness (QED) is 0.521. The summed E-state index contributed by atoms with van der Waals surface area (Å²) in [5, 5.41) is 5.94. The molecule has 4 atom stereocenters. The normalized spacial score (nSPS) is 26.1. The molecule has 1 aliphatic carbocycles. The zero-order chi connectivity index (χ0) is 29.4. The van der Waals surface area contributed by atoms with E-state index in [-0.39, 0.29) is 24.9 Å². The minimum atomic E-state index is -2.71. The predicted octanol–water partition coefficient (Wildman–Crippen LogP) is 3.30. The number of alkyl halides is 2. The first-order chi connectivity index (χ1) is 20.3. The monoisotopic (exact) mass is 601 g/mol. The lowest BCUT2D eigenvalue weighted by molar-refractivity contribution is -0.139. The van der Waals surface area contributed by atoms with E-state index < -0.39 is 42.3 Å². The largest absolute Gasteiger partial charge is 0.367 e. The average molecular weight is 602 g/mol. The highest BCUT2D eigenvalue weighted by molar-refractivity contribution is 7.14. The molecule has 3 saturated heterocycles. The molecule has 1 aromatic carbocycles. The van der Waals surface area contributed by atoms with Gasteiger partial charge in [0.05, 0.1) is 17.7 Å². The number of amides is 2. The van der Waals surface area contributed by atoms with Gasteiger partial charge in [-0.05, 0) is 37.9 Å². The molecule has 3 aliphatic heterocycles. The number of carbonyl (C=O) groups is 3. The highest BCUT2D eigenvalue weighted by atomic mass is 32.1. The lowest BCUT2D eigenvalue weighted by Crippen LogP contribution is -2.55. The van der Waals surface area contributed by atoms with Gasteiger partial charge in [-0.1, -0.05) is 31.4 Å². The number of anilines is 1. The van der Waals surface area contributed by atoms with Crippen LogP contribution in [0.15, 0.2) is 29.6 Å². The molecule has 4 aliphatic rings. The maximum atomic E-state index is 13.9. The van der Waals surface area contributed by atoms with Crippen molar-refractivity contribution in [2.75, 3.05) is 51.3 Å². The van der Waals surface area contributed by atoms with Crippen molar-refractivity contribution in [1.29, 1.82) is 0 Å². The van der Waals surface area contributed by atoms with Gasteiger partial charge in [-0.3, -0.25) is 14.4 Å². The van der Waals surface area contributed by atoms with Crippen molar-refractivity contribution >= 4 is 34.1 Å². The fraction of sp³-hybridized carbons (Fsp3) is 0.600. The Morgan fingerprint density at radius 2 is 1.79 bits per heavy atom. The van der Waals surface area contributed by atoms with Crippen molar-refractivity contribution < 1.29 is 27.9 Å². The van der Waals surface area contributed by atoms with Crippen molar-refractivity contribution in [3.8, 4) is 11.3 Å². The molecule has 1 aromatic heterocycles. The van der Waals surface area contributed by atoms with Crippen LogP contribution in [0, 0.1) is 11.8 Å². The third kappa shape index (κ3) is 5.80. The first-order valence-electron chi connectivity index (χ1n) is 14.8. The number of nitrogens with one attached hydrogen (secondary N) is 1. The number of ether oxygens (including phenoxy) is 1. The first kappa shape index (κ1) is 29.1. The van der Waals surface area contributed by atoms with Gasteiger partial charge in [-0.15, -0.1) is 11.3 Å². The average Bonchev–Trinajstić information content (AvgIpc) is 3.74. The van der Waals surface area contributed by atoms with Crippen LogP contribution in [-0.4, -0.2) is 103 Å². The zero-order valence-electron chi connectivity index (χ0n) is 23.7. The van der Waals surface area contributed by atoms with Gasteiger partial charge in [0.15, 0.2) is 10.9 Å². The van der Waals surface area contributed by atoms with E-state index in [9.17, 15) is 23.2 Å². The van der Waals surface area contributed by atoms with Crippen LogP contribution in [0.25, 0.3) is 11.3 Å². The number of benzene rings is 1. The minimum Gasteiger partial charge on any atom is -0.367 e. The molecule has 0 bridgehead atoms.